The van der Waals surface area contributed by atoms with E-state index >= 15 is 0 Å². The van der Waals surface area contributed by atoms with Gasteiger partial charge in [0.15, 0.2) is 5.69 Å². The molecule has 0 spiro atoms. The number of aromatic nitrogens is 2. The smallest absolute Gasteiger partial charge is 0.434 e. The second-order valence-electron chi connectivity index (χ2n) is 5.77. The van der Waals surface area contributed by atoms with E-state index in [1.165, 1.54) is 30.3 Å². The van der Waals surface area contributed by atoms with Gasteiger partial charge in [-0.1, -0.05) is 12.1 Å². The molecule has 1 aliphatic rings. The number of benzene rings is 2. The van der Waals surface area contributed by atoms with Crippen LogP contribution in [0.25, 0.3) is 16.5 Å². The highest BCUT2D eigenvalue weighted by Gasteiger charge is 2.41. The van der Waals surface area contributed by atoms with E-state index in [0.717, 1.165) is 0 Å². The number of nitrogens with one attached hydrogen (secondary N) is 1. The molecule has 27 heavy (non-hydrogen) atoms. The molecular weight excluding hydrogens is 367 g/mol. The number of rotatable bonds is 2. The number of carboxylic acids is 1. The molecule has 0 bridgehead atoms. The highest BCUT2D eigenvalue weighted by atomic mass is 19.4. The van der Waals surface area contributed by atoms with Crippen LogP contribution in [0.3, 0.4) is 0 Å². The molecule has 0 saturated carbocycles. The van der Waals surface area contributed by atoms with Crippen molar-refractivity contribution in [2.75, 3.05) is 0 Å². The number of amides is 2. The minimum Gasteiger partial charge on any atom is -0.478 e. The van der Waals surface area contributed by atoms with Crippen molar-refractivity contribution in [2.24, 2.45) is 0 Å². The van der Waals surface area contributed by atoms with E-state index in [0.29, 0.717) is 10.9 Å². The quantitative estimate of drug-likeness (QED) is 0.671. The molecule has 0 saturated heterocycles. The third kappa shape index (κ3) is 2.37. The van der Waals surface area contributed by atoms with Gasteiger partial charge in [-0.2, -0.15) is 18.3 Å². The first-order chi connectivity index (χ1) is 12.7. The summed E-state index contributed by atoms with van der Waals surface area (Å²) in [7, 11) is 0. The lowest BCUT2D eigenvalue weighted by molar-refractivity contribution is -0.143. The van der Waals surface area contributed by atoms with Crippen LogP contribution in [0.15, 0.2) is 36.5 Å². The lowest BCUT2D eigenvalue weighted by Gasteiger charge is -2.19. The van der Waals surface area contributed by atoms with Gasteiger partial charge in [-0.05, 0) is 18.2 Å². The lowest BCUT2D eigenvalue weighted by atomic mass is 9.94. The second kappa shape index (κ2) is 5.40. The number of halogens is 3. The average Bonchev–Trinajstić information content (AvgIpc) is 3.04. The van der Waals surface area contributed by atoms with Crippen molar-refractivity contribution >= 4 is 28.6 Å². The highest BCUT2D eigenvalue weighted by Crippen LogP contribution is 2.37. The Hall–Kier alpha value is -3.69. The Kier molecular flexibility index (Phi) is 3.35. The topological polar surface area (TPSA) is 101 Å². The standard InChI is InChI=1S/C17H8F3N3O4/c18-17(19,20)13-10(16(26)27)6-21-23(13)11-5-4-9-12-7(11)2-1-3-8(12)14(24)22-15(9)25/h1-6H,(H,26,27)(H,22,24,25). The van der Waals surface area contributed by atoms with Gasteiger partial charge in [-0.15, -0.1) is 0 Å². The van der Waals surface area contributed by atoms with Gasteiger partial charge >= 0.3 is 12.1 Å². The van der Waals surface area contributed by atoms with Crippen molar-refractivity contribution in [1.82, 2.24) is 15.1 Å². The third-order valence-corrected chi connectivity index (χ3v) is 4.23. The first kappa shape index (κ1) is 16.8. The zero-order valence-electron chi connectivity index (χ0n) is 13.2. The maximum atomic E-state index is 13.5. The molecule has 1 aromatic heterocycles. The number of aromatic carboxylic acids is 1. The molecule has 2 aromatic carbocycles. The molecule has 0 radical (unpaired) electrons. The average molecular weight is 375 g/mol. The van der Waals surface area contributed by atoms with Crippen LogP contribution in [-0.2, 0) is 6.18 Å². The molecule has 1 aliphatic heterocycles. The maximum Gasteiger partial charge on any atom is 0.434 e. The van der Waals surface area contributed by atoms with Crippen LogP contribution in [0.5, 0.6) is 0 Å². The van der Waals surface area contributed by atoms with Gasteiger partial charge in [0, 0.05) is 21.9 Å². The van der Waals surface area contributed by atoms with Crippen LogP contribution >= 0.6 is 0 Å². The van der Waals surface area contributed by atoms with Crippen molar-refractivity contribution in [3.63, 3.8) is 0 Å². The molecule has 136 valence electrons. The van der Waals surface area contributed by atoms with Gasteiger partial charge in [0.1, 0.15) is 5.56 Å². The number of carbonyl (C=O) groups is 3. The normalized spacial score (nSPS) is 13.7. The summed E-state index contributed by atoms with van der Waals surface area (Å²) >= 11 is 0. The van der Waals surface area contributed by atoms with E-state index in [2.05, 4.69) is 10.4 Å². The number of hydrogen-bond acceptors (Lipinski definition) is 4. The number of carboxylic acid groups (broad SMARTS) is 1. The van der Waals surface area contributed by atoms with Crippen LogP contribution in [0.4, 0.5) is 13.2 Å². The van der Waals surface area contributed by atoms with E-state index in [-0.39, 0.29) is 27.6 Å². The highest BCUT2D eigenvalue weighted by molar-refractivity contribution is 6.26. The van der Waals surface area contributed by atoms with Crippen molar-refractivity contribution in [1.29, 1.82) is 0 Å². The van der Waals surface area contributed by atoms with Crippen molar-refractivity contribution in [3.8, 4) is 5.69 Å². The van der Waals surface area contributed by atoms with Crippen LogP contribution in [-0.4, -0.2) is 32.7 Å². The van der Waals surface area contributed by atoms with Gasteiger partial charge in [0.25, 0.3) is 11.8 Å². The molecule has 0 atom stereocenters. The summed E-state index contributed by atoms with van der Waals surface area (Å²) in [5, 5.41) is 15.2. The molecular formula is C17H8F3N3O4. The zero-order chi connectivity index (χ0) is 19.5. The Bertz CT molecular complexity index is 1140. The Morgan fingerprint density at radius 2 is 1.74 bits per heavy atom. The fraction of sp³-hybridized carbons (Fsp3) is 0.0588. The number of hydrogen-bond donors (Lipinski definition) is 2. The largest absolute Gasteiger partial charge is 0.478 e. The first-order valence-corrected chi connectivity index (χ1v) is 7.50. The summed E-state index contributed by atoms with van der Waals surface area (Å²) in [6.07, 6.45) is -4.38. The Morgan fingerprint density at radius 1 is 1.07 bits per heavy atom. The van der Waals surface area contributed by atoms with Crippen LogP contribution in [0.2, 0.25) is 0 Å². The van der Waals surface area contributed by atoms with E-state index in [1.54, 1.807) is 0 Å². The minimum atomic E-state index is -4.99. The summed E-state index contributed by atoms with van der Waals surface area (Å²) in [6, 6.07) is 6.82. The monoisotopic (exact) mass is 375 g/mol. The summed E-state index contributed by atoms with van der Waals surface area (Å²) in [5.74, 6) is -3.11. The molecule has 2 amide bonds. The summed E-state index contributed by atoms with van der Waals surface area (Å²) < 4.78 is 41.0. The van der Waals surface area contributed by atoms with Crippen molar-refractivity contribution in [3.05, 3.63) is 58.9 Å². The number of imide groups is 1. The second-order valence-corrected chi connectivity index (χ2v) is 5.77. The molecule has 10 heteroatoms. The number of nitrogens with zero attached hydrogens (tertiary/aromatic N) is 2. The minimum absolute atomic E-state index is 0.0991. The SMILES string of the molecule is O=C(O)c1cnn(-c2ccc3c4c(cccc24)C(=O)NC3=O)c1C(F)(F)F. The van der Waals surface area contributed by atoms with Gasteiger partial charge < -0.3 is 5.11 Å². The van der Waals surface area contributed by atoms with E-state index in [9.17, 15) is 27.6 Å². The molecule has 3 aromatic rings. The molecule has 7 nitrogen and oxygen atoms in total. The predicted molar refractivity (Wildman–Crippen MR) is 84.8 cm³/mol. The van der Waals surface area contributed by atoms with E-state index < -0.39 is 35.2 Å². The molecule has 4 rings (SSSR count). The molecule has 0 unspecified atom stereocenters. The van der Waals surface area contributed by atoms with Crippen molar-refractivity contribution < 1.29 is 32.7 Å². The van der Waals surface area contributed by atoms with Crippen LogP contribution < -0.4 is 5.32 Å². The van der Waals surface area contributed by atoms with Gasteiger partial charge in [0.05, 0.1) is 11.9 Å². The van der Waals surface area contributed by atoms with E-state index in [1.807, 2.05) is 0 Å². The zero-order valence-corrected chi connectivity index (χ0v) is 13.2. The Balaban J connectivity index is 2.10. The predicted octanol–water partition coefficient (Wildman–Crippen LogP) is 2.63. The molecule has 2 heterocycles. The summed E-state index contributed by atoms with van der Waals surface area (Å²) in [5.41, 5.74) is -2.30. The summed E-state index contributed by atoms with van der Waals surface area (Å²) in [6.45, 7) is 0. The molecule has 0 aliphatic carbocycles. The summed E-state index contributed by atoms with van der Waals surface area (Å²) in [4.78, 5) is 35.3. The number of carbonyl (C=O) groups excluding carboxylic acids is 2. The van der Waals surface area contributed by atoms with Crippen LogP contribution in [0.1, 0.15) is 36.8 Å². The fourth-order valence-electron chi connectivity index (χ4n) is 3.15. The third-order valence-electron chi connectivity index (χ3n) is 4.23. The lowest BCUT2D eigenvalue weighted by Crippen LogP contribution is -2.34. The fourth-order valence-corrected chi connectivity index (χ4v) is 3.15. The Morgan fingerprint density at radius 3 is 2.37 bits per heavy atom. The maximum absolute atomic E-state index is 13.5. The van der Waals surface area contributed by atoms with Crippen LogP contribution in [0, 0.1) is 0 Å². The van der Waals surface area contributed by atoms with Gasteiger partial charge in [-0.25, -0.2) is 9.48 Å². The molecule has 0 fully saturated rings. The molecule has 2 N–H and O–H groups in total. The Labute approximate surface area is 148 Å². The van der Waals surface area contributed by atoms with E-state index in [4.69, 9.17) is 5.11 Å². The van der Waals surface area contributed by atoms with Crippen molar-refractivity contribution in [2.45, 2.75) is 6.18 Å². The van der Waals surface area contributed by atoms with Gasteiger partial charge in [0.2, 0.25) is 0 Å². The first-order valence-electron chi connectivity index (χ1n) is 7.50. The number of alkyl halides is 3. The van der Waals surface area contributed by atoms with Gasteiger partial charge in [-0.3, -0.25) is 14.9 Å².